The van der Waals surface area contributed by atoms with E-state index in [1.54, 1.807) is 0 Å². The minimum absolute atomic E-state index is 0.0627. The summed E-state index contributed by atoms with van der Waals surface area (Å²) in [7, 11) is 0. The molecule has 0 spiro atoms. The van der Waals surface area contributed by atoms with E-state index in [9.17, 15) is 27.9 Å². The zero-order valence-corrected chi connectivity index (χ0v) is 12.9. The summed E-state index contributed by atoms with van der Waals surface area (Å²) in [5.74, 6) is -3.81. The van der Waals surface area contributed by atoms with Crippen LogP contribution in [0.5, 0.6) is 0 Å². The van der Waals surface area contributed by atoms with Crippen molar-refractivity contribution in [2.75, 3.05) is 5.32 Å². The van der Waals surface area contributed by atoms with Gasteiger partial charge in [0.05, 0.1) is 40.3 Å². The molecule has 2 aliphatic rings. The van der Waals surface area contributed by atoms with Crippen LogP contribution in [0.1, 0.15) is 18.4 Å². The fourth-order valence-electron chi connectivity index (χ4n) is 3.34. The van der Waals surface area contributed by atoms with E-state index in [1.807, 2.05) is 0 Å². The number of rotatable bonds is 3. The van der Waals surface area contributed by atoms with E-state index in [2.05, 4.69) is 5.32 Å². The number of carbonyl (C=O) groups is 2. The highest BCUT2D eigenvalue weighted by molar-refractivity contribution is 6.33. The van der Waals surface area contributed by atoms with Crippen LogP contribution in [-0.2, 0) is 20.5 Å². The van der Waals surface area contributed by atoms with Crippen LogP contribution in [0.2, 0.25) is 5.02 Å². The lowest BCUT2D eigenvalue weighted by atomic mass is 9.78. The zero-order valence-electron chi connectivity index (χ0n) is 12.1. The van der Waals surface area contributed by atoms with Crippen LogP contribution in [0.3, 0.4) is 0 Å². The van der Waals surface area contributed by atoms with E-state index in [0.29, 0.717) is 12.8 Å². The Bertz CT molecular complexity index is 694. The molecule has 1 aromatic rings. The van der Waals surface area contributed by atoms with Gasteiger partial charge in [-0.1, -0.05) is 11.6 Å². The van der Waals surface area contributed by atoms with Crippen LogP contribution >= 0.6 is 11.6 Å². The van der Waals surface area contributed by atoms with E-state index in [4.69, 9.17) is 16.3 Å². The first-order chi connectivity index (χ1) is 11.2. The Morgan fingerprint density at radius 2 is 1.83 bits per heavy atom. The van der Waals surface area contributed by atoms with Crippen molar-refractivity contribution in [3.8, 4) is 0 Å². The second-order valence-corrected chi connectivity index (χ2v) is 6.27. The third kappa shape index (κ3) is 2.95. The summed E-state index contributed by atoms with van der Waals surface area (Å²) in [5.41, 5.74) is -1.16. The predicted molar refractivity (Wildman–Crippen MR) is 77.6 cm³/mol. The van der Waals surface area contributed by atoms with Gasteiger partial charge in [0, 0.05) is 0 Å². The van der Waals surface area contributed by atoms with Crippen molar-refractivity contribution in [3.63, 3.8) is 0 Å². The van der Waals surface area contributed by atoms with Crippen LogP contribution in [0.25, 0.3) is 0 Å². The molecule has 5 nitrogen and oxygen atoms in total. The highest BCUT2D eigenvalue weighted by Gasteiger charge is 2.55. The lowest BCUT2D eigenvalue weighted by molar-refractivity contribution is -0.147. The molecule has 2 saturated heterocycles. The number of carboxylic acids is 1. The number of aliphatic carboxylic acids is 1. The molecule has 2 N–H and O–H groups in total. The first kappa shape index (κ1) is 17.0. The standard InChI is InChI=1S/C15H13ClF3NO4/c16-7-2-1-6(15(17,18)19)5-8(7)20-13(21)11-9-3-4-10(24-9)12(11)14(22)23/h1-2,5,9-12H,3-4H2,(H,20,21)(H,22,23)/t9-,10+,11+,12-/m0/s1. The normalized spacial score (nSPS) is 28.8. The summed E-state index contributed by atoms with van der Waals surface area (Å²) < 4.78 is 43.8. The largest absolute Gasteiger partial charge is 0.481 e. The number of amides is 1. The molecule has 9 heteroatoms. The summed E-state index contributed by atoms with van der Waals surface area (Å²) in [6, 6.07) is 2.56. The highest BCUT2D eigenvalue weighted by atomic mass is 35.5. The van der Waals surface area contributed by atoms with Crippen molar-refractivity contribution in [3.05, 3.63) is 28.8 Å². The Kier molecular flexibility index (Phi) is 4.21. The maximum atomic E-state index is 12.8. The number of nitrogens with one attached hydrogen (secondary N) is 1. The summed E-state index contributed by atoms with van der Waals surface area (Å²) in [5, 5.41) is 11.5. The van der Waals surface area contributed by atoms with E-state index in [0.717, 1.165) is 18.2 Å². The third-order valence-electron chi connectivity index (χ3n) is 4.41. The maximum absolute atomic E-state index is 12.8. The van der Waals surface area contributed by atoms with Crippen LogP contribution in [0.15, 0.2) is 18.2 Å². The van der Waals surface area contributed by atoms with Gasteiger partial charge < -0.3 is 15.2 Å². The van der Waals surface area contributed by atoms with E-state index >= 15 is 0 Å². The molecule has 0 aromatic heterocycles. The third-order valence-corrected chi connectivity index (χ3v) is 4.74. The Labute approximate surface area is 139 Å². The molecule has 2 aliphatic heterocycles. The number of fused-ring (bicyclic) bond motifs is 2. The molecular formula is C15H13ClF3NO4. The number of ether oxygens (including phenoxy) is 1. The Balaban J connectivity index is 1.83. The van der Waals surface area contributed by atoms with Gasteiger partial charge in [-0.25, -0.2) is 0 Å². The molecule has 130 valence electrons. The number of halogens is 4. The Morgan fingerprint density at radius 3 is 2.42 bits per heavy atom. The van der Waals surface area contributed by atoms with Crippen molar-refractivity contribution < 1.29 is 32.6 Å². The van der Waals surface area contributed by atoms with Crippen molar-refractivity contribution in [2.45, 2.75) is 31.2 Å². The van der Waals surface area contributed by atoms with Gasteiger partial charge in [-0.2, -0.15) is 13.2 Å². The van der Waals surface area contributed by atoms with Gasteiger partial charge in [0.1, 0.15) is 0 Å². The zero-order chi connectivity index (χ0) is 17.6. The van der Waals surface area contributed by atoms with Gasteiger partial charge in [-0.05, 0) is 31.0 Å². The van der Waals surface area contributed by atoms with Crippen LogP contribution in [0.4, 0.5) is 18.9 Å². The lowest BCUT2D eigenvalue weighted by Gasteiger charge is -2.24. The molecule has 0 saturated carbocycles. The van der Waals surface area contributed by atoms with E-state index in [1.165, 1.54) is 0 Å². The number of anilines is 1. The smallest absolute Gasteiger partial charge is 0.416 e. The molecule has 24 heavy (non-hydrogen) atoms. The molecule has 2 bridgehead atoms. The fraction of sp³-hybridized carbons (Fsp3) is 0.467. The highest BCUT2D eigenvalue weighted by Crippen LogP contribution is 2.44. The average molecular weight is 364 g/mol. The number of alkyl halides is 3. The van der Waals surface area contributed by atoms with Gasteiger partial charge >= 0.3 is 12.1 Å². The minimum Gasteiger partial charge on any atom is -0.481 e. The van der Waals surface area contributed by atoms with E-state index in [-0.39, 0.29) is 10.7 Å². The molecule has 2 heterocycles. The molecule has 1 aromatic carbocycles. The number of hydrogen-bond donors (Lipinski definition) is 2. The number of benzene rings is 1. The van der Waals surface area contributed by atoms with Crippen molar-refractivity contribution in [1.82, 2.24) is 0 Å². The number of hydrogen-bond acceptors (Lipinski definition) is 3. The lowest BCUT2D eigenvalue weighted by Crippen LogP contribution is -2.41. The maximum Gasteiger partial charge on any atom is 0.416 e. The minimum atomic E-state index is -4.58. The van der Waals surface area contributed by atoms with Crippen LogP contribution < -0.4 is 5.32 Å². The second-order valence-electron chi connectivity index (χ2n) is 5.86. The Morgan fingerprint density at radius 1 is 1.21 bits per heavy atom. The molecular weight excluding hydrogens is 351 g/mol. The fourth-order valence-corrected chi connectivity index (χ4v) is 3.50. The summed E-state index contributed by atoms with van der Waals surface area (Å²) >= 11 is 5.85. The van der Waals surface area contributed by atoms with Crippen molar-refractivity contribution >= 4 is 29.2 Å². The monoisotopic (exact) mass is 363 g/mol. The molecule has 2 fully saturated rings. The molecule has 1 amide bonds. The van der Waals surface area contributed by atoms with Gasteiger partial charge in [0.2, 0.25) is 5.91 Å². The quantitative estimate of drug-likeness (QED) is 0.865. The van der Waals surface area contributed by atoms with Crippen molar-refractivity contribution in [2.24, 2.45) is 11.8 Å². The second kappa shape index (κ2) is 5.93. The number of carbonyl (C=O) groups excluding carboxylic acids is 1. The summed E-state index contributed by atoms with van der Waals surface area (Å²) in [4.78, 5) is 23.8. The van der Waals surface area contributed by atoms with Crippen LogP contribution in [0, 0.1) is 11.8 Å². The molecule has 0 unspecified atom stereocenters. The van der Waals surface area contributed by atoms with Gasteiger partial charge in [0.15, 0.2) is 0 Å². The molecule has 4 atom stereocenters. The SMILES string of the molecule is O=C(O)[C@@H]1[C@H](C(=O)Nc2cc(C(F)(F)F)ccc2Cl)[C@@H]2CC[C@H]1O2. The van der Waals surface area contributed by atoms with E-state index < -0.39 is 47.7 Å². The topological polar surface area (TPSA) is 75.6 Å². The van der Waals surface area contributed by atoms with Gasteiger partial charge in [-0.3, -0.25) is 9.59 Å². The summed E-state index contributed by atoms with van der Waals surface area (Å²) in [6.45, 7) is 0. The van der Waals surface area contributed by atoms with Crippen LogP contribution in [-0.4, -0.2) is 29.2 Å². The van der Waals surface area contributed by atoms with Gasteiger partial charge in [-0.15, -0.1) is 0 Å². The first-order valence-corrected chi connectivity index (χ1v) is 7.62. The average Bonchev–Trinajstić information content (AvgIpc) is 3.08. The van der Waals surface area contributed by atoms with Crippen molar-refractivity contribution in [1.29, 1.82) is 0 Å². The molecule has 3 rings (SSSR count). The Hall–Kier alpha value is -1.80. The molecule has 0 radical (unpaired) electrons. The summed E-state index contributed by atoms with van der Waals surface area (Å²) in [6.07, 6.45) is -4.57. The predicted octanol–water partition coefficient (Wildman–Crippen LogP) is 3.18. The molecule has 0 aliphatic carbocycles. The first-order valence-electron chi connectivity index (χ1n) is 7.24. The van der Waals surface area contributed by atoms with Gasteiger partial charge in [0.25, 0.3) is 0 Å². The number of carboxylic acid groups (broad SMARTS) is 1.